The molecule has 0 fully saturated rings. The molecule has 0 aromatic heterocycles. The molecule has 47 heavy (non-hydrogen) atoms. The second-order valence-corrected chi connectivity index (χ2v) is 11.0. The molecule has 6 rings (SSSR count). The van der Waals surface area contributed by atoms with E-state index in [1.54, 1.807) is 28.4 Å². The molecule has 0 aliphatic heterocycles. The zero-order valence-electron chi connectivity index (χ0n) is 27.1. The molecule has 0 heterocycles. The molecular formula is C42H38O5. The first kappa shape index (κ1) is 31.5. The van der Waals surface area contributed by atoms with Gasteiger partial charge in [0.25, 0.3) is 0 Å². The van der Waals surface area contributed by atoms with Crippen LogP contribution in [0.2, 0.25) is 0 Å². The highest BCUT2D eigenvalue weighted by molar-refractivity contribution is 5.61. The third-order valence-corrected chi connectivity index (χ3v) is 8.61. The second kappa shape index (κ2) is 13.9. The van der Waals surface area contributed by atoms with Crippen LogP contribution in [0.1, 0.15) is 33.4 Å². The van der Waals surface area contributed by atoms with Crippen LogP contribution < -0.4 is 18.9 Å². The van der Waals surface area contributed by atoms with Crippen molar-refractivity contribution in [1.82, 2.24) is 0 Å². The number of hydrogen-bond donors (Lipinski definition) is 0. The first-order chi connectivity index (χ1) is 23.1. The fourth-order valence-electron chi connectivity index (χ4n) is 6.57. The number of ether oxygens (including phenoxy) is 5. The van der Waals surface area contributed by atoms with Gasteiger partial charge in [-0.15, -0.1) is 0 Å². The smallest absolute Gasteiger partial charge is 0.153 e. The third kappa shape index (κ3) is 5.49. The van der Waals surface area contributed by atoms with Gasteiger partial charge in [0, 0.05) is 22.3 Å². The molecular weight excluding hydrogens is 584 g/mol. The van der Waals surface area contributed by atoms with Crippen LogP contribution in [-0.4, -0.2) is 28.4 Å². The number of methoxy groups -OCH3 is 4. The van der Waals surface area contributed by atoms with Crippen molar-refractivity contribution >= 4 is 0 Å². The summed E-state index contributed by atoms with van der Waals surface area (Å²) in [5.74, 6) is 2.63. The Morgan fingerprint density at radius 1 is 0.298 bits per heavy atom. The van der Waals surface area contributed by atoms with E-state index in [4.69, 9.17) is 23.7 Å². The summed E-state index contributed by atoms with van der Waals surface area (Å²) in [6, 6.07) is 52.4. The fraction of sp³-hybridized carbons (Fsp3) is 0.143. The molecule has 0 N–H and O–H groups in total. The van der Waals surface area contributed by atoms with Crippen LogP contribution in [0.15, 0.2) is 158 Å². The van der Waals surface area contributed by atoms with E-state index >= 15 is 0 Å². The van der Waals surface area contributed by atoms with Crippen LogP contribution in [0.4, 0.5) is 0 Å². The van der Waals surface area contributed by atoms with E-state index in [0.29, 0.717) is 23.0 Å². The SMILES string of the molecule is COc1ccccc1C(OC(c1ccccc1)(c1ccccc1OC)c1ccccc1OC)(c1ccccc1)c1ccccc1OC. The van der Waals surface area contributed by atoms with E-state index in [0.717, 1.165) is 33.4 Å². The molecule has 0 atom stereocenters. The summed E-state index contributed by atoms with van der Waals surface area (Å²) in [4.78, 5) is 0. The molecule has 0 saturated carbocycles. The molecule has 0 aliphatic rings. The average Bonchev–Trinajstić information content (AvgIpc) is 3.16. The lowest BCUT2D eigenvalue weighted by Gasteiger charge is -2.47. The van der Waals surface area contributed by atoms with Crippen LogP contribution in [0.3, 0.4) is 0 Å². The summed E-state index contributed by atoms with van der Waals surface area (Å²) in [5, 5.41) is 0. The number of rotatable bonds is 12. The van der Waals surface area contributed by atoms with Crippen LogP contribution in [0, 0.1) is 0 Å². The van der Waals surface area contributed by atoms with Gasteiger partial charge in [-0.2, -0.15) is 0 Å². The monoisotopic (exact) mass is 622 g/mol. The van der Waals surface area contributed by atoms with Crippen molar-refractivity contribution in [3.63, 3.8) is 0 Å². The lowest BCUT2D eigenvalue weighted by Crippen LogP contribution is -2.45. The normalized spacial score (nSPS) is 11.5. The molecule has 6 aromatic carbocycles. The molecule has 236 valence electrons. The Labute approximate surface area is 276 Å². The van der Waals surface area contributed by atoms with Crippen LogP contribution in [-0.2, 0) is 15.9 Å². The van der Waals surface area contributed by atoms with Gasteiger partial charge in [-0.3, -0.25) is 0 Å². The average molecular weight is 623 g/mol. The Bertz CT molecular complexity index is 1680. The van der Waals surface area contributed by atoms with Gasteiger partial charge in [0.05, 0.1) is 28.4 Å². The zero-order chi connectivity index (χ0) is 32.7. The van der Waals surface area contributed by atoms with Crippen molar-refractivity contribution < 1.29 is 23.7 Å². The van der Waals surface area contributed by atoms with Crippen LogP contribution >= 0.6 is 0 Å². The van der Waals surface area contributed by atoms with Gasteiger partial charge in [0.2, 0.25) is 0 Å². The van der Waals surface area contributed by atoms with E-state index in [-0.39, 0.29) is 0 Å². The third-order valence-electron chi connectivity index (χ3n) is 8.61. The van der Waals surface area contributed by atoms with E-state index in [9.17, 15) is 0 Å². The maximum Gasteiger partial charge on any atom is 0.153 e. The van der Waals surface area contributed by atoms with Gasteiger partial charge < -0.3 is 23.7 Å². The number of hydrogen-bond acceptors (Lipinski definition) is 5. The highest BCUT2D eigenvalue weighted by atomic mass is 16.5. The van der Waals surface area contributed by atoms with Crippen molar-refractivity contribution in [2.45, 2.75) is 11.2 Å². The first-order valence-electron chi connectivity index (χ1n) is 15.5. The van der Waals surface area contributed by atoms with Crippen molar-refractivity contribution in [2.75, 3.05) is 28.4 Å². The minimum absolute atomic E-state index is 0.657. The number of benzene rings is 6. The molecule has 0 spiro atoms. The Hall–Kier alpha value is -5.52. The van der Waals surface area contributed by atoms with Crippen LogP contribution in [0.25, 0.3) is 0 Å². The summed E-state index contributed by atoms with van der Waals surface area (Å²) in [7, 11) is 6.73. The fourth-order valence-corrected chi connectivity index (χ4v) is 6.57. The van der Waals surface area contributed by atoms with Gasteiger partial charge in [-0.05, 0) is 35.4 Å². The predicted octanol–water partition coefficient (Wildman–Crippen LogP) is 9.02. The summed E-state index contributed by atoms with van der Waals surface area (Å²) < 4.78 is 32.7. The molecule has 5 nitrogen and oxygen atoms in total. The topological polar surface area (TPSA) is 46.2 Å². The molecule has 0 unspecified atom stereocenters. The summed E-state index contributed by atoms with van der Waals surface area (Å²) in [6.45, 7) is 0. The van der Waals surface area contributed by atoms with Crippen molar-refractivity contribution in [3.05, 3.63) is 191 Å². The standard InChI is InChI=1S/C42H38O5/c1-43-37-27-15-11-23-33(37)41(31-19-7-5-8-20-31,34-24-12-16-28-38(34)44-2)47-42(32-21-9-6-10-22-32,35-25-13-17-29-39(35)45-3)36-26-14-18-30-40(36)46-4/h5-30H,1-4H3. The maximum atomic E-state index is 8.19. The Balaban J connectivity index is 1.88. The van der Waals surface area contributed by atoms with E-state index in [2.05, 4.69) is 48.5 Å². The Kier molecular flexibility index (Phi) is 9.28. The molecule has 0 saturated heterocycles. The molecule has 6 aromatic rings. The molecule has 0 amide bonds. The minimum Gasteiger partial charge on any atom is -0.496 e. The summed E-state index contributed by atoms with van der Waals surface area (Å²) in [6.07, 6.45) is 0. The van der Waals surface area contributed by atoms with E-state index in [1.807, 2.05) is 109 Å². The largest absolute Gasteiger partial charge is 0.496 e. The predicted molar refractivity (Wildman–Crippen MR) is 186 cm³/mol. The van der Waals surface area contributed by atoms with Gasteiger partial charge in [0.15, 0.2) is 11.2 Å². The van der Waals surface area contributed by atoms with Crippen molar-refractivity contribution in [3.8, 4) is 23.0 Å². The van der Waals surface area contributed by atoms with Crippen molar-refractivity contribution in [1.29, 1.82) is 0 Å². The maximum absolute atomic E-state index is 8.19. The lowest BCUT2D eigenvalue weighted by atomic mass is 9.74. The van der Waals surface area contributed by atoms with Crippen LogP contribution in [0.5, 0.6) is 23.0 Å². The van der Waals surface area contributed by atoms with E-state index in [1.165, 1.54) is 0 Å². The first-order valence-corrected chi connectivity index (χ1v) is 15.5. The zero-order valence-corrected chi connectivity index (χ0v) is 27.1. The highest BCUT2D eigenvalue weighted by Crippen LogP contribution is 2.56. The Morgan fingerprint density at radius 2 is 0.532 bits per heavy atom. The molecule has 0 radical (unpaired) electrons. The lowest BCUT2D eigenvalue weighted by molar-refractivity contribution is -0.0842. The molecule has 0 bridgehead atoms. The van der Waals surface area contributed by atoms with Gasteiger partial charge in [-0.1, -0.05) is 133 Å². The van der Waals surface area contributed by atoms with E-state index < -0.39 is 11.2 Å². The van der Waals surface area contributed by atoms with Gasteiger partial charge >= 0.3 is 0 Å². The molecule has 5 heteroatoms. The summed E-state index contributed by atoms with van der Waals surface area (Å²) in [5.41, 5.74) is 2.28. The minimum atomic E-state index is -1.32. The Morgan fingerprint density at radius 3 is 0.787 bits per heavy atom. The van der Waals surface area contributed by atoms with Gasteiger partial charge in [0.1, 0.15) is 23.0 Å². The quantitative estimate of drug-likeness (QED) is 0.128. The second-order valence-electron chi connectivity index (χ2n) is 11.0. The highest BCUT2D eigenvalue weighted by Gasteiger charge is 2.53. The number of para-hydroxylation sites is 4. The van der Waals surface area contributed by atoms with Gasteiger partial charge in [-0.25, -0.2) is 0 Å². The molecule has 0 aliphatic carbocycles. The van der Waals surface area contributed by atoms with Crippen molar-refractivity contribution in [2.24, 2.45) is 0 Å². The summed E-state index contributed by atoms with van der Waals surface area (Å²) >= 11 is 0.